The molecule has 1 aromatic heterocycles. The van der Waals surface area contributed by atoms with Crippen LogP contribution in [0.5, 0.6) is 0 Å². The number of rotatable bonds is 5. The normalized spacial score (nSPS) is 11.5. The summed E-state index contributed by atoms with van der Waals surface area (Å²) in [4.78, 5) is 11.2. The van der Waals surface area contributed by atoms with Gasteiger partial charge in [-0.25, -0.2) is 17.9 Å². The van der Waals surface area contributed by atoms with Gasteiger partial charge in [0.05, 0.1) is 21.2 Å². The van der Waals surface area contributed by atoms with Gasteiger partial charge in [0.2, 0.25) is 14.9 Å². The molecule has 32 heavy (non-hydrogen) atoms. The van der Waals surface area contributed by atoms with Gasteiger partial charge in [-0.05, 0) is 48.5 Å². The largest absolute Gasteiger partial charge is 0.478 e. The van der Waals surface area contributed by atoms with Crippen molar-refractivity contribution in [2.45, 2.75) is 9.92 Å². The van der Waals surface area contributed by atoms with E-state index in [1.165, 1.54) is 41.1 Å². The molecule has 0 aliphatic heterocycles. The van der Waals surface area contributed by atoms with Crippen LogP contribution in [0.15, 0.2) is 76.7 Å². The van der Waals surface area contributed by atoms with Crippen molar-refractivity contribution in [2.24, 2.45) is 0 Å². The van der Waals surface area contributed by atoms with E-state index in [0.29, 0.717) is 16.3 Å². The minimum absolute atomic E-state index is 0.00482. The summed E-state index contributed by atoms with van der Waals surface area (Å²) in [5, 5.41) is 17.6. The highest BCUT2D eigenvalue weighted by Crippen LogP contribution is 2.35. The van der Waals surface area contributed by atoms with Crippen LogP contribution >= 0.6 is 34.8 Å². The molecule has 0 spiro atoms. The highest BCUT2D eigenvalue weighted by molar-refractivity contribution is 7.91. The number of aromatic carboxylic acids is 1. The van der Waals surface area contributed by atoms with E-state index in [1.807, 2.05) is 0 Å². The van der Waals surface area contributed by atoms with E-state index in [9.17, 15) is 18.3 Å². The van der Waals surface area contributed by atoms with Crippen LogP contribution in [0.25, 0.3) is 16.9 Å². The smallest absolute Gasteiger partial charge is 0.335 e. The maximum Gasteiger partial charge on any atom is 0.335 e. The maximum atomic E-state index is 13.5. The van der Waals surface area contributed by atoms with Crippen molar-refractivity contribution < 1.29 is 18.3 Å². The number of halogens is 3. The van der Waals surface area contributed by atoms with Gasteiger partial charge in [-0.3, -0.25) is 0 Å². The molecule has 3 aromatic carbocycles. The van der Waals surface area contributed by atoms with E-state index in [0.717, 1.165) is 0 Å². The van der Waals surface area contributed by atoms with Gasteiger partial charge in [0, 0.05) is 15.6 Å². The average molecular weight is 509 g/mol. The summed E-state index contributed by atoms with van der Waals surface area (Å²) in [6.45, 7) is 0. The molecule has 162 valence electrons. The number of carboxylic acids is 1. The molecule has 7 nitrogen and oxygen atoms in total. The molecule has 4 rings (SSSR count). The van der Waals surface area contributed by atoms with E-state index in [2.05, 4.69) is 10.3 Å². The van der Waals surface area contributed by atoms with Gasteiger partial charge in [0.1, 0.15) is 5.69 Å². The third kappa shape index (κ3) is 4.10. The van der Waals surface area contributed by atoms with Gasteiger partial charge >= 0.3 is 5.97 Å². The third-order valence-corrected chi connectivity index (χ3v) is 7.16. The van der Waals surface area contributed by atoms with E-state index in [-0.39, 0.29) is 31.2 Å². The second-order valence-electron chi connectivity index (χ2n) is 6.60. The van der Waals surface area contributed by atoms with Gasteiger partial charge in [0.15, 0.2) is 0 Å². The van der Waals surface area contributed by atoms with Crippen molar-refractivity contribution in [3.05, 3.63) is 87.4 Å². The predicted octanol–water partition coefficient (Wildman–Crippen LogP) is 5.43. The van der Waals surface area contributed by atoms with Crippen molar-refractivity contribution in [3.63, 3.8) is 0 Å². The highest BCUT2D eigenvalue weighted by Gasteiger charge is 2.31. The fraction of sp³-hybridized carbons (Fsp3) is 0. The first-order valence-corrected chi connectivity index (χ1v) is 11.6. The molecular formula is C21H12Cl3N3O4S. The number of hydrogen-bond donors (Lipinski definition) is 1. The molecule has 1 heterocycles. The Hall–Kier alpha value is -2.91. The standard InChI is InChI=1S/C21H12Cl3N3O4S/c22-14-6-4-12(5-7-14)19-20(32(30,31)18-9-8-15(23)11-17(18)24)25-26-27(19)16-3-1-2-13(10-16)21(28)29/h1-11H,(H,28,29). The maximum absolute atomic E-state index is 13.5. The zero-order valence-electron chi connectivity index (χ0n) is 15.9. The van der Waals surface area contributed by atoms with Gasteiger partial charge in [0.25, 0.3) is 0 Å². The molecule has 0 aliphatic carbocycles. The Morgan fingerprint density at radius 1 is 0.906 bits per heavy atom. The number of benzene rings is 3. The summed E-state index contributed by atoms with van der Waals surface area (Å²) in [7, 11) is -4.22. The van der Waals surface area contributed by atoms with E-state index in [4.69, 9.17) is 34.8 Å². The van der Waals surface area contributed by atoms with Crippen LogP contribution in [-0.2, 0) is 9.84 Å². The fourth-order valence-corrected chi connectivity index (χ4v) is 5.26. The van der Waals surface area contributed by atoms with E-state index in [1.54, 1.807) is 30.3 Å². The Balaban J connectivity index is 1.99. The quantitative estimate of drug-likeness (QED) is 0.386. The molecule has 0 radical (unpaired) electrons. The lowest BCUT2D eigenvalue weighted by Gasteiger charge is -2.10. The monoisotopic (exact) mass is 507 g/mol. The average Bonchev–Trinajstić information content (AvgIpc) is 3.20. The topological polar surface area (TPSA) is 102 Å². The van der Waals surface area contributed by atoms with E-state index >= 15 is 0 Å². The number of aromatic nitrogens is 3. The summed E-state index contributed by atoms with van der Waals surface area (Å²) in [6.07, 6.45) is 0. The van der Waals surface area contributed by atoms with Crippen molar-refractivity contribution >= 4 is 50.6 Å². The second-order valence-corrected chi connectivity index (χ2v) is 9.71. The molecule has 0 saturated heterocycles. The molecule has 0 bridgehead atoms. The number of hydrogen-bond acceptors (Lipinski definition) is 5. The summed E-state index contributed by atoms with van der Waals surface area (Å²) in [6, 6.07) is 16.3. The number of carbonyl (C=O) groups is 1. The Labute approximate surface area is 197 Å². The summed E-state index contributed by atoms with van der Waals surface area (Å²) in [5.74, 6) is -1.14. The molecule has 0 atom stereocenters. The highest BCUT2D eigenvalue weighted by atomic mass is 35.5. The number of nitrogens with zero attached hydrogens (tertiary/aromatic N) is 3. The molecule has 0 saturated carbocycles. The van der Waals surface area contributed by atoms with Crippen LogP contribution < -0.4 is 0 Å². The van der Waals surface area contributed by atoms with Crippen LogP contribution in [0, 0.1) is 0 Å². The Morgan fingerprint density at radius 3 is 2.25 bits per heavy atom. The lowest BCUT2D eigenvalue weighted by atomic mass is 10.1. The van der Waals surface area contributed by atoms with Crippen LogP contribution in [0.3, 0.4) is 0 Å². The first kappa shape index (κ1) is 22.3. The van der Waals surface area contributed by atoms with Crippen molar-refractivity contribution in [1.29, 1.82) is 0 Å². The summed E-state index contributed by atoms with van der Waals surface area (Å²) >= 11 is 18.1. The van der Waals surface area contributed by atoms with Gasteiger partial charge in [-0.2, -0.15) is 0 Å². The fourth-order valence-electron chi connectivity index (χ4n) is 3.05. The van der Waals surface area contributed by atoms with Crippen LogP contribution in [0.2, 0.25) is 15.1 Å². The first-order chi connectivity index (χ1) is 15.2. The second kappa shape index (κ2) is 8.55. The molecule has 11 heteroatoms. The van der Waals surface area contributed by atoms with Gasteiger partial charge in [-0.15, -0.1) is 5.10 Å². The molecule has 0 aliphatic rings. The van der Waals surface area contributed by atoms with Gasteiger partial charge in [-0.1, -0.05) is 58.2 Å². The van der Waals surface area contributed by atoms with Crippen molar-refractivity contribution in [1.82, 2.24) is 15.0 Å². The Morgan fingerprint density at radius 2 is 1.59 bits per heavy atom. The lowest BCUT2D eigenvalue weighted by Crippen LogP contribution is -2.07. The van der Waals surface area contributed by atoms with Gasteiger partial charge < -0.3 is 5.11 Å². The molecule has 1 N–H and O–H groups in total. The molecule has 4 aromatic rings. The molecular weight excluding hydrogens is 497 g/mol. The van der Waals surface area contributed by atoms with Crippen LogP contribution in [0.4, 0.5) is 0 Å². The third-order valence-electron chi connectivity index (χ3n) is 4.53. The number of sulfone groups is 1. The Kier molecular flexibility index (Phi) is 5.96. The van der Waals surface area contributed by atoms with Crippen LogP contribution in [0.1, 0.15) is 10.4 Å². The van der Waals surface area contributed by atoms with E-state index < -0.39 is 15.8 Å². The molecule has 0 amide bonds. The van der Waals surface area contributed by atoms with Crippen LogP contribution in [-0.4, -0.2) is 34.5 Å². The lowest BCUT2D eigenvalue weighted by molar-refractivity contribution is 0.0697. The SMILES string of the molecule is O=C(O)c1cccc(-n2nnc(S(=O)(=O)c3ccc(Cl)cc3Cl)c2-c2ccc(Cl)cc2)c1. The summed E-state index contributed by atoms with van der Waals surface area (Å²) in [5.41, 5.74) is 0.884. The zero-order chi connectivity index (χ0) is 23.0. The molecule has 0 unspecified atom stereocenters. The van der Waals surface area contributed by atoms with Crippen molar-refractivity contribution in [3.8, 4) is 16.9 Å². The first-order valence-electron chi connectivity index (χ1n) is 8.94. The summed E-state index contributed by atoms with van der Waals surface area (Å²) < 4.78 is 28.2. The predicted molar refractivity (Wildman–Crippen MR) is 121 cm³/mol. The van der Waals surface area contributed by atoms with Crippen molar-refractivity contribution in [2.75, 3.05) is 0 Å². The molecule has 0 fully saturated rings. The zero-order valence-corrected chi connectivity index (χ0v) is 19.0. The Bertz CT molecular complexity index is 1450. The minimum atomic E-state index is -4.22. The number of carboxylic acid groups (broad SMARTS) is 1. The minimum Gasteiger partial charge on any atom is -0.478 e.